The Balaban J connectivity index is 2.72. The summed E-state index contributed by atoms with van der Waals surface area (Å²) in [5.74, 6) is 0.927. The first-order valence-electron chi connectivity index (χ1n) is 7.43. The molecular formula is C17H28ClNO. The van der Waals surface area contributed by atoms with E-state index in [0.29, 0.717) is 6.04 Å². The molecule has 20 heavy (non-hydrogen) atoms. The van der Waals surface area contributed by atoms with Gasteiger partial charge in [-0.15, -0.1) is 0 Å². The second-order valence-corrected chi connectivity index (χ2v) is 6.79. The van der Waals surface area contributed by atoms with Crippen LogP contribution in [0.3, 0.4) is 0 Å². The van der Waals surface area contributed by atoms with Crippen molar-refractivity contribution in [1.82, 2.24) is 5.32 Å². The average Bonchev–Trinajstić information content (AvgIpc) is 2.35. The van der Waals surface area contributed by atoms with Crippen molar-refractivity contribution in [1.29, 1.82) is 0 Å². The van der Waals surface area contributed by atoms with E-state index in [4.69, 9.17) is 16.3 Å². The van der Waals surface area contributed by atoms with Crippen LogP contribution in [-0.4, -0.2) is 19.7 Å². The van der Waals surface area contributed by atoms with E-state index in [0.717, 1.165) is 30.2 Å². The highest BCUT2D eigenvalue weighted by atomic mass is 35.5. The van der Waals surface area contributed by atoms with Gasteiger partial charge < -0.3 is 10.1 Å². The topological polar surface area (TPSA) is 21.3 Å². The van der Waals surface area contributed by atoms with Gasteiger partial charge in [0.25, 0.3) is 0 Å². The van der Waals surface area contributed by atoms with Crippen LogP contribution in [0.15, 0.2) is 18.2 Å². The molecule has 0 aliphatic heterocycles. The molecule has 1 aromatic rings. The fourth-order valence-electron chi connectivity index (χ4n) is 2.76. The number of nitrogens with one attached hydrogen (secondary N) is 1. The molecule has 1 atom stereocenters. The van der Waals surface area contributed by atoms with Gasteiger partial charge in [0.15, 0.2) is 0 Å². The number of rotatable bonds is 8. The lowest BCUT2D eigenvalue weighted by atomic mass is 9.80. The zero-order valence-electron chi connectivity index (χ0n) is 13.4. The number of hydrogen-bond acceptors (Lipinski definition) is 2. The number of methoxy groups -OCH3 is 1. The molecular weight excluding hydrogens is 270 g/mol. The van der Waals surface area contributed by atoms with Crippen LogP contribution in [0.25, 0.3) is 0 Å². The second-order valence-electron chi connectivity index (χ2n) is 6.36. The Bertz CT molecular complexity index is 417. The molecule has 0 spiro atoms. The summed E-state index contributed by atoms with van der Waals surface area (Å²) in [6.45, 7) is 10.1. The van der Waals surface area contributed by atoms with Gasteiger partial charge in [-0.1, -0.05) is 32.4 Å². The van der Waals surface area contributed by atoms with Gasteiger partial charge >= 0.3 is 0 Å². The Morgan fingerprint density at radius 3 is 2.65 bits per heavy atom. The minimum Gasteiger partial charge on any atom is -0.496 e. The molecule has 2 nitrogen and oxygen atoms in total. The number of hydrogen-bond donors (Lipinski definition) is 1. The van der Waals surface area contributed by atoms with Crippen molar-refractivity contribution in [2.75, 3.05) is 13.7 Å². The maximum absolute atomic E-state index is 6.11. The lowest BCUT2D eigenvalue weighted by molar-refractivity contribution is 0.283. The van der Waals surface area contributed by atoms with Crippen LogP contribution in [0.4, 0.5) is 0 Å². The Morgan fingerprint density at radius 1 is 1.35 bits per heavy atom. The zero-order valence-corrected chi connectivity index (χ0v) is 14.2. The molecule has 0 radical (unpaired) electrons. The van der Waals surface area contributed by atoms with Gasteiger partial charge in [-0.05, 0) is 61.9 Å². The average molecular weight is 298 g/mol. The van der Waals surface area contributed by atoms with Gasteiger partial charge in [0.05, 0.1) is 7.11 Å². The summed E-state index contributed by atoms with van der Waals surface area (Å²) >= 11 is 6.11. The van der Waals surface area contributed by atoms with E-state index in [1.54, 1.807) is 7.11 Å². The maximum atomic E-state index is 6.11. The maximum Gasteiger partial charge on any atom is 0.122 e. The van der Waals surface area contributed by atoms with E-state index in [9.17, 15) is 0 Å². The van der Waals surface area contributed by atoms with Crippen LogP contribution in [0.1, 0.15) is 46.1 Å². The van der Waals surface area contributed by atoms with Gasteiger partial charge in [-0.25, -0.2) is 0 Å². The third-order valence-electron chi connectivity index (χ3n) is 3.51. The third-order valence-corrected chi connectivity index (χ3v) is 3.75. The lowest BCUT2D eigenvalue weighted by Crippen LogP contribution is -2.32. The Morgan fingerprint density at radius 2 is 2.05 bits per heavy atom. The molecule has 0 aromatic heterocycles. The van der Waals surface area contributed by atoms with Crippen molar-refractivity contribution in [3.63, 3.8) is 0 Å². The van der Waals surface area contributed by atoms with Gasteiger partial charge in [0, 0.05) is 11.1 Å². The predicted molar refractivity (Wildman–Crippen MR) is 87.9 cm³/mol. The monoisotopic (exact) mass is 297 g/mol. The summed E-state index contributed by atoms with van der Waals surface area (Å²) < 4.78 is 5.44. The fraction of sp³-hybridized carbons (Fsp3) is 0.647. The molecule has 0 aliphatic carbocycles. The first-order valence-corrected chi connectivity index (χ1v) is 7.81. The molecule has 0 saturated heterocycles. The molecule has 1 aromatic carbocycles. The molecule has 0 fully saturated rings. The molecule has 1 unspecified atom stereocenters. The Hall–Kier alpha value is -0.730. The number of halogens is 1. The Labute approximate surface area is 128 Å². The van der Waals surface area contributed by atoms with Crippen LogP contribution in [0.5, 0.6) is 5.75 Å². The summed E-state index contributed by atoms with van der Waals surface area (Å²) in [6, 6.07) is 6.37. The van der Waals surface area contributed by atoms with Gasteiger partial charge in [0.1, 0.15) is 5.75 Å². The van der Waals surface area contributed by atoms with Gasteiger partial charge in [-0.3, -0.25) is 0 Å². The summed E-state index contributed by atoms with van der Waals surface area (Å²) in [4.78, 5) is 0. The number of ether oxygens (including phenoxy) is 1. The highest BCUT2D eigenvalue weighted by Crippen LogP contribution is 2.33. The minimum absolute atomic E-state index is 0.206. The zero-order chi connectivity index (χ0) is 15.2. The third kappa shape index (κ3) is 5.72. The fourth-order valence-corrected chi connectivity index (χ4v) is 2.96. The quantitative estimate of drug-likeness (QED) is 0.751. The molecule has 1 N–H and O–H groups in total. The van der Waals surface area contributed by atoms with Gasteiger partial charge in [-0.2, -0.15) is 0 Å². The summed E-state index contributed by atoms with van der Waals surface area (Å²) in [6.07, 6.45) is 3.27. The smallest absolute Gasteiger partial charge is 0.122 e. The van der Waals surface area contributed by atoms with Crippen molar-refractivity contribution in [2.45, 2.75) is 53.0 Å². The van der Waals surface area contributed by atoms with Crippen LogP contribution in [-0.2, 0) is 6.42 Å². The van der Waals surface area contributed by atoms with E-state index < -0.39 is 0 Å². The van der Waals surface area contributed by atoms with Crippen molar-refractivity contribution >= 4 is 11.6 Å². The van der Waals surface area contributed by atoms with E-state index in [-0.39, 0.29) is 5.41 Å². The normalized spacial score (nSPS) is 13.3. The standard InChI is InChI=1S/C17H28ClNO/c1-6-9-19-13(2)11-17(3,4)12-14-10-15(18)7-8-16(14)20-5/h7-8,10,13,19H,6,9,11-12H2,1-5H3. The van der Waals surface area contributed by atoms with Crippen LogP contribution < -0.4 is 10.1 Å². The molecule has 114 valence electrons. The van der Waals surface area contributed by atoms with Gasteiger partial charge in [0.2, 0.25) is 0 Å². The van der Waals surface area contributed by atoms with E-state index >= 15 is 0 Å². The molecule has 0 heterocycles. The van der Waals surface area contributed by atoms with Crippen molar-refractivity contribution < 1.29 is 4.74 Å². The van der Waals surface area contributed by atoms with Crippen molar-refractivity contribution in [2.24, 2.45) is 5.41 Å². The molecule has 0 saturated carbocycles. The summed E-state index contributed by atoms with van der Waals surface area (Å²) in [5, 5.41) is 4.33. The molecule has 0 aliphatic rings. The molecule has 0 bridgehead atoms. The molecule has 1 rings (SSSR count). The van der Waals surface area contributed by atoms with E-state index in [2.05, 4.69) is 33.0 Å². The Kier molecular flexibility index (Phi) is 6.84. The summed E-state index contributed by atoms with van der Waals surface area (Å²) in [7, 11) is 1.71. The van der Waals surface area contributed by atoms with Crippen LogP contribution in [0, 0.1) is 5.41 Å². The number of benzene rings is 1. The van der Waals surface area contributed by atoms with Crippen LogP contribution in [0.2, 0.25) is 5.02 Å². The summed E-state index contributed by atoms with van der Waals surface area (Å²) in [5.41, 5.74) is 1.39. The lowest BCUT2D eigenvalue weighted by Gasteiger charge is -2.29. The SMILES string of the molecule is CCCNC(C)CC(C)(C)Cc1cc(Cl)ccc1OC. The van der Waals surface area contributed by atoms with Crippen LogP contribution >= 0.6 is 11.6 Å². The van der Waals surface area contributed by atoms with E-state index in [1.807, 2.05) is 18.2 Å². The molecule has 0 amide bonds. The minimum atomic E-state index is 0.206. The first-order chi connectivity index (χ1) is 9.38. The first kappa shape index (κ1) is 17.3. The van der Waals surface area contributed by atoms with E-state index in [1.165, 1.54) is 12.0 Å². The van der Waals surface area contributed by atoms with Crippen molar-refractivity contribution in [3.8, 4) is 5.75 Å². The van der Waals surface area contributed by atoms with Crippen molar-refractivity contribution in [3.05, 3.63) is 28.8 Å². The largest absolute Gasteiger partial charge is 0.496 e. The highest BCUT2D eigenvalue weighted by molar-refractivity contribution is 6.30. The highest BCUT2D eigenvalue weighted by Gasteiger charge is 2.23. The molecule has 3 heteroatoms. The predicted octanol–water partition coefficient (Wildman–Crippen LogP) is 4.70. The second kappa shape index (κ2) is 7.90.